The van der Waals surface area contributed by atoms with E-state index in [0.29, 0.717) is 11.8 Å². The predicted octanol–water partition coefficient (Wildman–Crippen LogP) is 8.75. The monoisotopic (exact) mass is 527 g/mol. The number of aliphatic hydroxyl groups is 1. The summed E-state index contributed by atoms with van der Waals surface area (Å²) in [6.07, 6.45) is -2.72. The number of alkyl halides is 6. The average molecular weight is 528 g/mol. The number of aliphatic hydroxyl groups excluding tert-OH is 1. The highest BCUT2D eigenvalue weighted by atomic mass is 19.4. The summed E-state index contributed by atoms with van der Waals surface area (Å²) in [5, 5.41) is 13.9. The molecule has 2 atom stereocenters. The lowest BCUT2D eigenvalue weighted by Gasteiger charge is -2.23. The molecule has 0 aliphatic carbocycles. The number of aryl methyl sites for hydroxylation is 1. The number of halogens is 6. The molecule has 0 saturated carbocycles. The summed E-state index contributed by atoms with van der Waals surface area (Å²) in [4.78, 5) is 0. The summed E-state index contributed by atoms with van der Waals surface area (Å²) in [5.74, 6) is -2.14. The molecule has 0 heterocycles. The number of hydrogen-bond donors (Lipinski definition) is 2. The van der Waals surface area contributed by atoms with Crippen molar-refractivity contribution in [3.8, 4) is 0 Å². The maximum Gasteiger partial charge on any atom is 0.416 e. The summed E-state index contributed by atoms with van der Waals surface area (Å²) in [5.41, 5.74) is 0.226. The van der Waals surface area contributed by atoms with Gasteiger partial charge in [-0.25, -0.2) is 0 Å². The van der Waals surface area contributed by atoms with Crippen LogP contribution in [0.1, 0.15) is 61.3 Å². The minimum Gasteiger partial charge on any atom is -0.387 e. The first-order chi connectivity index (χ1) is 17.4. The van der Waals surface area contributed by atoms with Crippen molar-refractivity contribution in [2.45, 2.75) is 70.8 Å². The molecule has 0 fully saturated rings. The summed E-state index contributed by atoms with van der Waals surface area (Å²) in [6.45, 7) is 6.36. The number of nitrogens with one attached hydrogen (secondary N) is 1. The standard InChI is InChI=1S/C29H35F6NO/c1-4-6-7-8-9-11-21-14-16-23(17-15-21)36-19-27(37)25(18-22(5-2)28(30,31)32)24-12-10-13-26(20(24)3)29(33,34)35/h5,10,12-18,22,27,36-37H,2,4,6-9,11,19H2,1,3H3. The molecule has 2 rings (SSSR count). The lowest BCUT2D eigenvalue weighted by molar-refractivity contribution is -0.148. The molecule has 0 saturated heterocycles. The Kier molecular flexibility index (Phi) is 11.3. The third-order valence-electron chi connectivity index (χ3n) is 6.32. The van der Waals surface area contributed by atoms with Gasteiger partial charge in [-0.1, -0.05) is 69.0 Å². The molecule has 2 N–H and O–H groups in total. The van der Waals surface area contributed by atoms with E-state index in [2.05, 4.69) is 18.8 Å². The third-order valence-corrected chi connectivity index (χ3v) is 6.32. The van der Waals surface area contributed by atoms with Crippen LogP contribution in [0, 0.1) is 12.8 Å². The van der Waals surface area contributed by atoms with Gasteiger partial charge < -0.3 is 10.4 Å². The molecule has 2 aromatic carbocycles. The predicted molar refractivity (Wildman–Crippen MR) is 137 cm³/mol. The first kappa shape index (κ1) is 30.5. The highest BCUT2D eigenvalue weighted by molar-refractivity contribution is 5.73. The second-order valence-electron chi connectivity index (χ2n) is 9.16. The van der Waals surface area contributed by atoms with E-state index in [1.54, 1.807) is 0 Å². The van der Waals surface area contributed by atoms with Gasteiger partial charge in [0.15, 0.2) is 0 Å². The molecule has 0 bridgehead atoms. The first-order valence-electron chi connectivity index (χ1n) is 12.5. The van der Waals surface area contributed by atoms with E-state index in [0.717, 1.165) is 43.0 Å². The van der Waals surface area contributed by atoms with E-state index in [4.69, 9.17) is 0 Å². The van der Waals surface area contributed by atoms with Gasteiger partial charge in [-0.05, 0) is 60.2 Å². The van der Waals surface area contributed by atoms with Crippen molar-refractivity contribution in [2.24, 2.45) is 5.92 Å². The van der Waals surface area contributed by atoms with Gasteiger partial charge in [-0.3, -0.25) is 0 Å². The molecule has 2 aromatic rings. The number of benzene rings is 2. The van der Waals surface area contributed by atoms with Gasteiger partial charge in [0.2, 0.25) is 0 Å². The second kappa shape index (κ2) is 13.7. The van der Waals surface area contributed by atoms with Crippen LogP contribution < -0.4 is 5.32 Å². The van der Waals surface area contributed by atoms with Crippen molar-refractivity contribution in [3.05, 3.63) is 83.4 Å². The van der Waals surface area contributed by atoms with E-state index in [-0.39, 0.29) is 23.2 Å². The molecular formula is C29H35F6NO. The lowest BCUT2D eigenvalue weighted by atomic mass is 9.90. The zero-order chi connectivity index (χ0) is 27.6. The number of unbranched alkanes of at least 4 members (excludes halogenated alkanes) is 4. The SMILES string of the molecule is C=CC(C=C(c1cccc(C(F)(F)F)c1C)C(O)CNc1ccc(CCCCCCC)cc1)C(F)(F)F. The van der Waals surface area contributed by atoms with E-state index < -0.39 is 29.9 Å². The van der Waals surface area contributed by atoms with Crippen LogP contribution in [-0.2, 0) is 12.6 Å². The van der Waals surface area contributed by atoms with Crippen molar-refractivity contribution in [1.82, 2.24) is 0 Å². The number of anilines is 1. The van der Waals surface area contributed by atoms with E-state index in [9.17, 15) is 31.4 Å². The Labute approximate surface area is 215 Å². The van der Waals surface area contributed by atoms with Crippen molar-refractivity contribution in [3.63, 3.8) is 0 Å². The fourth-order valence-electron chi connectivity index (χ4n) is 4.17. The third kappa shape index (κ3) is 9.26. The van der Waals surface area contributed by atoms with Crippen LogP contribution in [-0.4, -0.2) is 23.9 Å². The van der Waals surface area contributed by atoms with Gasteiger partial charge in [0, 0.05) is 12.2 Å². The molecule has 0 aliphatic heterocycles. The van der Waals surface area contributed by atoms with E-state index in [1.165, 1.54) is 32.3 Å². The van der Waals surface area contributed by atoms with Gasteiger partial charge in [-0.15, -0.1) is 6.58 Å². The Hall–Kier alpha value is -2.74. The minimum atomic E-state index is -4.71. The van der Waals surface area contributed by atoms with Crippen LogP contribution >= 0.6 is 0 Å². The Bertz CT molecular complexity index is 1020. The lowest BCUT2D eigenvalue weighted by Crippen LogP contribution is -2.25. The molecule has 37 heavy (non-hydrogen) atoms. The zero-order valence-electron chi connectivity index (χ0n) is 21.2. The molecule has 0 aliphatic rings. The topological polar surface area (TPSA) is 32.3 Å². The average Bonchev–Trinajstić information content (AvgIpc) is 2.83. The molecular weight excluding hydrogens is 492 g/mol. The number of hydrogen-bond acceptors (Lipinski definition) is 2. The minimum absolute atomic E-state index is 0.0985. The van der Waals surface area contributed by atoms with Crippen LogP contribution in [0.15, 0.2) is 61.2 Å². The van der Waals surface area contributed by atoms with Crippen molar-refractivity contribution < 1.29 is 31.4 Å². The van der Waals surface area contributed by atoms with Crippen LogP contribution in [0.25, 0.3) is 5.57 Å². The number of rotatable bonds is 13. The first-order valence-corrected chi connectivity index (χ1v) is 12.5. The molecule has 204 valence electrons. The van der Waals surface area contributed by atoms with Gasteiger partial charge in [-0.2, -0.15) is 26.3 Å². The Balaban J connectivity index is 2.24. The second-order valence-corrected chi connectivity index (χ2v) is 9.16. The van der Waals surface area contributed by atoms with Gasteiger partial charge in [0.1, 0.15) is 0 Å². The summed E-state index contributed by atoms with van der Waals surface area (Å²) in [7, 11) is 0. The summed E-state index contributed by atoms with van der Waals surface area (Å²) < 4.78 is 80.8. The molecule has 8 heteroatoms. The Morgan fingerprint density at radius 2 is 1.62 bits per heavy atom. The normalized spacial score (nSPS) is 14.4. The van der Waals surface area contributed by atoms with E-state index in [1.807, 2.05) is 24.3 Å². The van der Waals surface area contributed by atoms with Crippen molar-refractivity contribution >= 4 is 11.3 Å². The summed E-state index contributed by atoms with van der Waals surface area (Å²) in [6, 6.07) is 10.8. The molecule has 0 aromatic heterocycles. The summed E-state index contributed by atoms with van der Waals surface area (Å²) >= 11 is 0. The quantitative estimate of drug-likeness (QED) is 0.155. The molecule has 0 radical (unpaired) electrons. The van der Waals surface area contributed by atoms with Crippen molar-refractivity contribution in [2.75, 3.05) is 11.9 Å². The maximum absolute atomic E-state index is 13.5. The van der Waals surface area contributed by atoms with Crippen LogP contribution in [0.5, 0.6) is 0 Å². The highest BCUT2D eigenvalue weighted by Crippen LogP contribution is 2.37. The molecule has 0 spiro atoms. The zero-order valence-corrected chi connectivity index (χ0v) is 21.2. The maximum atomic E-state index is 13.5. The molecule has 2 nitrogen and oxygen atoms in total. The molecule has 0 amide bonds. The van der Waals surface area contributed by atoms with Crippen molar-refractivity contribution in [1.29, 1.82) is 0 Å². The number of allylic oxidation sites excluding steroid dienone is 2. The van der Waals surface area contributed by atoms with Gasteiger partial charge in [0.05, 0.1) is 17.6 Å². The van der Waals surface area contributed by atoms with Gasteiger partial charge in [0.25, 0.3) is 0 Å². The Morgan fingerprint density at radius 3 is 2.19 bits per heavy atom. The largest absolute Gasteiger partial charge is 0.416 e. The molecule has 2 unspecified atom stereocenters. The van der Waals surface area contributed by atoms with Gasteiger partial charge >= 0.3 is 12.4 Å². The highest BCUT2D eigenvalue weighted by Gasteiger charge is 2.38. The van der Waals surface area contributed by atoms with E-state index >= 15 is 0 Å². The Morgan fingerprint density at radius 1 is 0.973 bits per heavy atom. The van der Waals surface area contributed by atoms with Crippen LogP contribution in [0.3, 0.4) is 0 Å². The van der Waals surface area contributed by atoms with Crippen LogP contribution in [0.4, 0.5) is 32.0 Å². The smallest absolute Gasteiger partial charge is 0.387 e. The van der Waals surface area contributed by atoms with Crippen LogP contribution in [0.2, 0.25) is 0 Å². The fraction of sp³-hybridized carbons (Fsp3) is 0.448. The fourth-order valence-corrected chi connectivity index (χ4v) is 4.17.